The van der Waals surface area contributed by atoms with Crippen LogP contribution < -0.4 is 5.32 Å². The SMILES string of the molecule is O=CNCc1cccc(Cl)c1Sc1ccc(F)cc1C=O. The number of hydrogen-bond acceptors (Lipinski definition) is 3. The second-order valence-corrected chi connectivity index (χ2v) is 5.59. The van der Waals surface area contributed by atoms with Crippen molar-refractivity contribution in [2.75, 3.05) is 0 Å². The number of halogens is 2. The molecule has 2 rings (SSSR count). The number of benzene rings is 2. The molecular weight excluding hydrogens is 313 g/mol. The van der Waals surface area contributed by atoms with E-state index in [1.165, 1.54) is 30.0 Å². The second-order valence-electron chi connectivity index (χ2n) is 4.13. The maximum atomic E-state index is 13.2. The zero-order valence-corrected chi connectivity index (χ0v) is 12.4. The molecule has 108 valence electrons. The molecule has 0 atom stereocenters. The van der Waals surface area contributed by atoms with E-state index in [1.54, 1.807) is 12.1 Å². The van der Waals surface area contributed by atoms with Crippen LogP contribution in [0.1, 0.15) is 15.9 Å². The Morgan fingerprint density at radius 2 is 2.05 bits per heavy atom. The molecule has 0 aliphatic rings. The first-order chi connectivity index (χ1) is 10.2. The highest BCUT2D eigenvalue weighted by molar-refractivity contribution is 7.99. The molecular formula is C15H11ClFNO2S. The minimum Gasteiger partial charge on any atom is -0.355 e. The van der Waals surface area contributed by atoms with Crippen LogP contribution in [0.5, 0.6) is 0 Å². The summed E-state index contributed by atoms with van der Waals surface area (Å²) < 4.78 is 13.2. The van der Waals surface area contributed by atoms with E-state index in [0.29, 0.717) is 29.2 Å². The van der Waals surface area contributed by atoms with Crippen LogP contribution in [0.15, 0.2) is 46.2 Å². The lowest BCUT2D eigenvalue weighted by Gasteiger charge is -2.12. The van der Waals surface area contributed by atoms with Gasteiger partial charge in [0.25, 0.3) is 0 Å². The van der Waals surface area contributed by atoms with Gasteiger partial charge in [-0.15, -0.1) is 0 Å². The highest BCUT2D eigenvalue weighted by Crippen LogP contribution is 2.37. The first kappa shape index (κ1) is 15.5. The minimum absolute atomic E-state index is 0.259. The number of rotatable bonds is 6. The summed E-state index contributed by atoms with van der Waals surface area (Å²) in [4.78, 5) is 22.8. The fourth-order valence-electron chi connectivity index (χ4n) is 1.77. The van der Waals surface area contributed by atoms with Crippen molar-refractivity contribution in [3.8, 4) is 0 Å². The number of aldehydes is 1. The number of carbonyl (C=O) groups is 2. The highest BCUT2D eigenvalue weighted by Gasteiger charge is 2.12. The van der Waals surface area contributed by atoms with Crippen LogP contribution >= 0.6 is 23.4 Å². The summed E-state index contributed by atoms with van der Waals surface area (Å²) in [7, 11) is 0. The van der Waals surface area contributed by atoms with Crippen LogP contribution in [0, 0.1) is 5.82 Å². The van der Waals surface area contributed by atoms with Gasteiger partial charge in [-0.05, 0) is 29.8 Å². The zero-order valence-electron chi connectivity index (χ0n) is 10.8. The Bertz CT molecular complexity index is 679. The van der Waals surface area contributed by atoms with Gasteiger partial charge in [0.1, 0.15) is 5.82 Å². The summed E-state index contributed by atoms with van der Waals surface area (Å²) in [5.41, 5.74) is 1.08. The van der Waals surface area contributed by atoms with Crippen molar-refractivity contribution in [1.82, 2.24) is 5.32 Å². The molecule has 0 saturated heterocycles. The van der Waals surface area contributed by atoms with E-state index in [-0.39, 0.29) is 5.56 Å². The average molecular weight is 324 g/mol. The Labute approximate surface area is 130 Å². The van der Waals surface area contributed by atoms with Gasteiger partial charge in [0.2, 0.25) is 6.41 Å². The van der Waals surface area contributed by atoms with Crippen molar-refractivity contribution in [1.29, 1.82) is 0 Å². The molecule has 1 N–H and O–H groups in total. The van der Waals surface area contributed by atoms with E-state index in [1.807, 2.05) is 6.07 Å². The van der Waals surface area contributed by atoms with Gasteiger partial charge in [0.05, 0.1) is 5.02 Å². The quantitative estimate of drug-likeness (QED) is 0.825. The van der Waals surface area contributed by atoms with Gasteiger partial charge < -0.3 is 5.32 Å². The molecule has 0 aliphatic carbocycles. The summed E-state index contributed by atoms with van der Waals surface area (Å²) in [6, 6.07) is 9.32. The van der Waals surface area contributed by atoms with Crippen LogP contribution in [0.3, 0.4) is 0 Å². The van der Waals surface area contributed by atoms with Crippen molar-refractivity contribution in [2.45, 2.75) is 16.3 Å². The summed E-state index contributed by atoms with van der Waals surface area (Å²) >= 11 is 7.45. The lowest BCUT2D eigenvalue weighted by molar-refractivity contribution is -0.109. The Morgan fingerprint density at radius 3 is 2.76 bits per heavy atom. The fraction of sp³-hybridized carbons (Fsp3) is 0.0667. The van der Waals surface area contributed by atoms with Crippen LogP contribution in [-0.4, -0.2) is 12.7 Å². The molecule has 2 aromatic rings. The van der Waals surface area contributed by atoms with Gasteiger partial charge in [0, 0.05) is 21.9 Å². The van der Waals surface area contributed by atoms with Crippen molar-refractivity contribution in [2.24, 2.45) is 0 Å². The van der Waals surface area contributed by atoms with Crippen LogP contribution in [0.2, 0.25) is 5.02 Å². The maximum Gasteiger partial charge on any atom is 0.207 e. The van der Waals surface area contributed by atoms with E-state index in [4.69, 9.17) is 11.6 Å². The van der Waals surface area contributed by atoms with Gasteiger partial charge in [-0.2, -0.15) is 0 Å². The van der Waals surface area contributed by atoms with E-state index in [0.717, 1.165) is 10.5 Å². The molecule has 0 heterocycles. The largest absolute Gasteiger partial charge is 0.355 e. The summed E-state index contributed by atoms with van der Waals surface area (Å²) in [6.07, 6.45) is 1.20. The molecule has 1 amide bonds. The molecule has 6 heteroatoms. The lowest BCUT2D eigenvalue weighted by atomic mass is 10.2. The van der Waals surface area contributed by atoms with Gasteiger partial charge in [-0.3, -0.25) is 9.59 Å². The molecule has 0 spiro atoms. The Balaban J connectivity index is 2.39. The standard InChI is InChI=1S/C15H11ClFNO2S/c16-13-3-1-2-10(7-18-9-20)15(13)21-14-5-4-12(17)6-11(14)8-19/h1-6,8-9H,7H2,(H,18,20). The predicted octanol–water partition coefficient (Wildman–Crippen LogP) is 3.69. The normalized spacial score (nSPS) is 10.2. The summed E-state index contributed by atoms with van der Waals surface area (Å²) in [5.74, 6) is -0.469. The van der Waals surface area contributed by atoms with Gasteiger partial charge >= 0.3 is 0 Å². The van der Waals surface area contributed by atoms with Crippen LogP contribution in [-0.2, 0) is 11.3 Å². The third-order valence-electron chi connectivity index (χ3n) is 2.74. The van der Waals surface area contributed by atoms with Crippen LogP contribution in [0.4, 0.5) is 4.39 Å². The first-order valence-electron chi connectivity index (χ1n) is 6.02. The van der Waals surface area contributed by atoms with Crippen molar-refractivity contribution in [3.05, 3.63) is 58.4 Å². The number of carbonyl (C=O) groups excluding carboxylic acids is 2. The summed E-state index contributed by atoms with van der Waals surface area (Å²) in [5, 5.41) is 3.08. The molecule has 0 saturated carbocycles. The molecule has 2 aromatic carbocycles. The predicted molar refractivity (Wildman–Crippen MR) is 80.3 cm³/mol. The maximum absolute atomic E-state index is 13.2. The zero-order chi connectivity index (χ0) is 15.2. The number of amides is 1. The molecule has 0 aromatic heterocycles. The third-order valence-corrected chi connectivity index (χ3v) is 4.44. The fourth-order valence-corrected chi connectivity index (χ4v) is 3.10. The second kappa shape index (κ2) is 7.24. The Kier molecular flexibility index (Phi) is 5.36. The van der Waals surface area contributed by atoms with Gasteiger partial charge in [-0.1, -0.05) is 35.5 Å². The van der Waals surface area contributed by atoms with E-state index < -0.39 is 5.82 Å². The topological polar surface area (TPSA) is 46.2 Å². The molecule has 0 unspecified atom stereocenters. The smallest absolute Gasteiger partial charge is 0.207 e. The monoisotopic (exact) mass is 323 g/mol. The Morgan fingerprint density at radius 1 is 1.24 bits per heavy atom. The summed E-state index contributed by atoms with van der Waals surface area (Å²) in [6.45, 7) is 0.323. The van der Waals surface area contributed by atoms with Crippen molar-refractivity contribution in [3.63, 3.8) is 0 Å². The highest BCUT2D eigenvalue weighted by atomic mass is 35.5. The Hall–Kier alpha value is -1.85. The first-order valence-corrected chi connectivity index (χ1v) is 7.22. The lowest BCUT2D eigenvalue weighted by Crippen LogP contribution is -2.10. The average Bonchev–Trinajstić information content (AvgIpc) is 2.49. The number of nitrogens with one attached hydrogen (secondary N) is 1. The molecule has 21 heavy (non-hydrogen) atoms. The van der Waals surface area contributed by atoms with Crippen molar-refractivity contribution < 1.29 is 14.0 Å². The molecule has 0 aliphatic heterocycles. The van der Waals surface area contributed by atoms with E-state index >= 15 is 0 Å². The molecule has 0 radical (unpaired) electrons. The number of hydrogen-bond donors (Lipinski definition) is 1. The van der Waals surface area contributed by atoms with Gasteiger partial charge in [-0.25, -0.2) is 4.39 Å². The van der Waals surface area contributed by atoms with Crippen LogP contribution in [0.25, 0.3) is 0 Å². The van der Waals surface area contributed by atoms with E-state index in [9.17, 15) is 14.0 Å². The minimum atomic E-state index is -0.469. The van der Waals surface area contributed by atoms with Gasteiger partial charge in [0.15, 0.2) is 6.29 Å². The molecule has 0 bridgehead atoms. The third kappa shape index (κ3) is 3.83. The molecule has 0 fully saturated rings. The molecule has 3 nitrogen and oxygen atoms in total. The van der Waals surface area contributed by atoms with Crippen molar-refractivity contribution >= 4 is 36.1 Å². The van der Waals surface area contributed by atoms with E-state index in [2.05, 4.69) is 5.32 Å².